The Morgan fingerprint density at radius 2 is 1.65 bits per heavy atom. The molecule has 4 atom stereocenters. The van der Waals surface area contributed by atoms with Crippen molar-refractivity contribution in [3.05, 3.63) is 47.1 Å². The van der Waals surface area contributed by atoms with Crippen LogP contribution in [0.15, 0.2) is 47.1 Å². The lowest BCUT2D eigenvalue weighted by atomic mass is 9.94. The van der Waals surface area contributed by atoms with Crippen LogP contribution < -0.4 is 0 Å². The third-order valence-corrected chi connectivity index (χ3v) is 14.8. The van der Waals surface area contributed by atoms with Gasteiger partial charge >= 0.3 is 5.97 Å². The molecule has 1 aliphatic heterocycles. The van der Waals surface area contributed by atoms with Crippen LogP contribution in [0.4, 0.5) is 0 Å². The van der Waals surface area contributed by atoms with Crippen molar-refractivity contribution in [3.63, 3.8) is 0 Å². The predicted octanol–water partition coefficient (Wildman–Crippen LogP) is 8.85. The molecule has 0 saturated carbocycles. The highest BCUT2D eigenvalue weighted by atomic mass is 28.4. The predicted molar refractivity (Wildman–Crippen MR) is 171 cm³/mol. The molecule has 1 aliphatic rings. The van der Waals surface area contributed by atoms with E-state index in [1.54, 1.807) is 0 Å². The Kier molecular flexibility index (Phi) is 16.0. The second-order valence-electron chi connectivity index (χ2n) is 12.9. The third-order valence-electron chi connectivity index (χ3n) is 8.70. The normalized spacial score (nSPS) is 22.0. The Morgan fingerprint density at radius 1 is 1.05 bits per heavy atom. The number of aliphatic hydroxyl groups is 1. The maximum Gasteiger partial charge on any atom is 0.302 e. The molecule has 1 fully saturated rings. The monoisotopic (exact) mass is 576 g/mol. The fourth-order valence-corrected chi connectivity index (χ4v) is 11.7. The molecule has 0 aromatic heterocycles. The summed E-state index contributed by atoms with van der Waals surface area (Å²) in [5.41, 5.74) is 5.93. The zero-order valence-electron chi connectivity index (χ0n) is 27.5. The van der Waals surface area contributed by atoms with E-state index in [0.29, 0.717) is 42.2 Å². The summed E-state index contributed by atoms with van der Waals surface area (Å²) >= 11 is 0. The van der Waals surface area contributed by atoms with E-state index in [-0.39, 0.29) is 18.2 Å². The van der Waals surface area contributed by atoms with Crippen molar-refractivity contribution in [1.82, 2.24) is 0 Å². The average Bonchev–Trinajstić information content (AvgIpc) is 3.24. The lowest BCUT2D eigenvalue weighted by Crippen LogP contribution is -2.48. The van der Waals surface area contributed by atoms with E-state index >= 15 is 0 Å². The van der Waals surface area contributed by atoms with E-state index in [1.807, 2.05) is 13.0 Å². The van der Waals surface area contributed by atoms with Gasteiger partial charge in [0.2, 0.25) is 8.32 Å². The van der Waals surface area contributed by atoms with Gasteiger partial charge in [-0.2, -0.15) is 0 Å². The largest absolute Gasteiger partial charge is 0.466 e. The number of rotatable bonds is 17. The van der Waals surface area contributed by atoms with E-state index in [1.165, 1.54) is 12.5 Å². The number of carbonyl (C=O) groups excluding carboxylic acids is 1. The summed E-state index contributed by atoms with van der Waals surface area (Å²) in [6.07, 6.45) is 10.3. The van der Waals surface area contributed by atoms with E-state index in [0.717, 1.165) is 42.4 Å². The molecule has 0 aliphatic carbocycles. The molecule has 1 saturated heterocycles. The lowest BCUT2D eigenvalue weighted by molar-refractivity contribution is -0.141. The van der Waals surface area contributed by atoms with Gasteiger partial charge in [0.25, 0.3) is 0 Å². The van der Waals surface area contributed by atoms with Gasteiger partial charge in [0, 0.05) is 6.92 Å². The topological polar surface area (TPSA) is 65.0 Å². The highest BCUT2D eigenvalue weighted by molar-refractivity contribution is 6.77. The van der Waals surface area contributed by atoms with Crippen LogP contribution in [0.3, 0.4) is 0 Å². The standard InChI is InChI=1S/C34H60O5Si/c1-23(2)40(24(3)4,25(5)6)38-22-30(11)26(7)16-17-27(8)33(36)19-18-32-21-29(10)34(39-32)28(9)15-13-14-20-37-31(12)35/h15-17,23-25,29,32-34,36H,11,13-14,18-22H2,1-10,12H3/b26-16+,27-17+,28-15+/t29-,32-,33+,34+/m1/s1. The highest BCUT2D eigenvalue weighted by Gasteiger charge is 2.45. The van der Waals surface area contributed by atoms with E-state index in [2.05, 4.69) is 81.0 Å². The summed E-state index contributed by atoms with van der Waals surface area (Å²) in [7, 11) is -1.93. The Bertz CT molecular complexity index is 876. The van der Waals surface area contributed by atoms with Gasteiger partial charge in [0.1, 0.15) is 0 Å². The summed E-state index contributed by atoms with van der Waals surface area (Å²) in [5.74, 6) is 0.221. The van der Waals surface area contributed by atoms with Gasteiger partial charge in [-0.15, -0.1) is 0 Å². The van der Waals surface area contributed by atoms with E-state index in [9.17, 15) is 9.90 Å². The van der Waals surface area contributed by atoms with Crippen molar-refractivity contribution < 1.29 is 23.8 Å². The molecule has 0 spiro atoms. The first-order valence-electron chi connectivity index (χ1n) is 15.4. The molecule has 0 radical (unpaired) electrons. The molecule has 1 N–H and O–H groups in total. The van der Waals surface area contributed by atoms with Gasteiger partial charge in [-0.1, -0.05) is 73.3 Å². The van der Waals surface area contributed by atoms with Crippen LogP contribution in [-0.4, -0.2) is 50.9 Å². The van der Waals surface area contributed by atoms with Gasteiger partial charge in [-0.05, 0) is 97.7 Å². The Morgan fingerprint density at radius 3 is 2.20 bits per heavy atom. The fraction of sp³-hybridized carbons (Fsp3) is 0.735. The number of unbranched alkanes of at least 4 members (excludes halogenated alkanes) is 1. The number of hydrogen-bond donors (Lipinski definition) is 1. The average molecular weight is 577 g/mol. The number of hydrogen-bond acceptors (Lipinski definition) is 5. The van der Waals surface area contributed by atoms with Gasteiger partial charge in [-0.25, -0.2) is 0 Å². The van der Waals surface area contributed by atoms with Crippen molar-refractivity contribution in [2.45, 2.75) is 143 Å². The Labute approximate surface area is 247 Å². The Hall–Kier alpha value is -1.47. The number of allylic oxidation sites excluding steroid dienone is 3. The first kappa shape index (κ1) is 36.6. The number of aliphatic hydroxyl groups excluding tert-OH is 1. The summed E-state index contributed by atoms with van der Waals surface area (Å²) in [5, 5.41) is 10.8. The van der Waals surface area contributed by atoms with Gasteiger partial charge < -0.3 is 19.0 Å². The van der Waals surface area contributed by atoms with Gasteiger partial charge in [0.15, 0.2) is 0 Å². The molecular weight excluding hydrogens is 516 g/mol. The molecule has 6 heteroatoms. The molecule has 0 aromatic rings. The van der Waals surface area contributed by atoms with Crippen molar-refractivity contribution in [1.29, 1.82) is 0 Å². The van der Waals surface area contributed by atoms with Crippen LogP contribution >= 0.6 is 0 Å². The summed E-state index contributed by atoms with van der Waals surface area (Å²) in [6, 6.07) is 0. The molecule has 5 nitrogen and oxygen atoms in total. The number of carbonyl (C=O) groups is 1. The van der Waals surface area contributed by atoms with Crippen LogP contribution in [0.2, 0.25) is 16.6 Å². The molecule has 230 valence electrons. The summed E-state index contributed by atoms with van der Waals surface area (Å²) < 4.78 is 18.1. The first-order valence-corrected chi connectivity index (χ1v) is 17.6. The number of esters is 1. The van der Waals surface area contributed by atoms with Crippen molar-refractivity contribution in [3.8, 4) is 0 Å². The summed E-state index contributed by atoms with van der Waals surface area (Å²) in [4.78, 5) is 10.9. The van der Waals surface area contributed by atoms with E-state index < -0.39 is 14.4 Å². The zero-order valence-corrected chi connectivity index (χ0v) is 28.5. The third kappa shape index (κ3) is 11.1. The maximum absolute atomic E-state index is 10.9. The molecule has 0 unspecified atom stereocenters. The van der Waals surface area contributed by atoms with Gasteiger partial charge in [-0.3, -0.25) is 4.79 Å². The SMILES string of the molecule is C=C(CO[Si](C(C)C)(C(C)C)C(C)C)/C(C)=C/C=C(\C)[C@@H](O)CC[C@@H]1C[C@@H](C)[C@H](/C(C)=C/CCCOC(C)=O)O1. The van der Waals surface area contributed by atoms with Gasteiger partial charge in [0.05, 0.1) is 31.5 Å². The quantitative estimate of drug-likeness (QED) is 0.0616. The molecule has 40 heavy (non-hydrogen) atoms. The Balaban J connectivity index is 2.61. The van der Waals surface area contributed by atoms with Crippen molar-refractivity contribution in [2.24, 2.45) is 5.92 Å². The number of ether oxygens (including phenoxy) is 2. The molecule has 1 rings (SSSR count). The lowest BCUT2D eigenvalue weighted by Gasteiger charge is -2.42. The van der Waals surface area contributed by atoms with Crippen LogP contribution in [0.25, 0.3) is 0 Å². The first-order chi connectivity index (χ1) is 18.6. The van der Waals surface area contributed by atoms with Crippen molar-refractivity contribution >= 4 is 14.3 Å². The van der Waals surface area contributed by atoms with Crippen LogP contribution in [-0.2, 0) is 18.7 Å². The molecule has 0 amide bonds. The van der Waals surface area contributed by atoms with Crippen LogP contribution in [0.1, 0.15) is 108 Å². The minimum atomic E-state index is -1.93. The summed E-state index contributed by atoms with van der Waals surface area (Å²) in [6.45, 7) is 29.0. The molecule has 1 heterocycles. The van der Waals surface area contributed by atoms with Crippen molar-refractivity contribution in [2.75, 3.05) is 13.2 Å². The second kappa shape index (κ2) is 17.5. The zero-order chi connectivity index (χ0) is 30.6. The highest BCUT2D eigenvalue weighted by Crippen LogP contribution is 2.42. The smallest absolute Gasteiger partial charge is 0.302 e. The minimum Gasteiger partial charge on any atom is -0.466 e. The molecule has 0 aromatic carbocycles. The molecule has 0 bridgehead atoms. The minimum absolute atomic E-state index is 0.121. The maximum atomic E-state index is 10.9. The van der Waals surface area contributed by atoms with Crippen LogP contribution in [0.5, 0.6) is 0 Å². The second-order valence-corrected chi connectivity index (χ2v) is 18.3. The van der Waals surface area contributed by atoms with E-state index in [4.69, 9.17) is 13.9 Å². The van der Waals surface area contributed by atoms with Crippen LogP contribution in [0, 0.1) is 5.92 Å². The molecular formula is C34H60O5Si. The fourth-order valence-electron chi connectivity index (χ4n) is 6.31.